The second-order valence-electron chi connectivity index (χ2n) is 6.06. The Labute approximate surface area is 124 Å². The highest BCUT2D eigenvalue weighted by Crippen LogP contribution is 2.39. The highest BCUT2D eigenvalue weighted by molar-refractivity contribution is 9.09. The maximum atomic E-state index is 5.55. The molecule has 1 atom stereocenters. The molecule has 1 aromatic rings. The lowest BCUT2D eigenvalue weighted by Gasteiger charge is -2.41. The van der Waals surface area contributed by atoms with Crippen molar-refractivity contribution in [2.45, 2.75) is 32.2 Å². The van der Waals surface area contributed by atoms with Gasteiger partial charge in [0.1, 0.15) is 0 Å². The summed E-state index contributed by atoms with van der Waals surface area (Å²) in [6, 6.07) is 9.49. The number of benzene rings is 1. The van der Waals surface area contributed by atoms with Gasteiger partial charge in [-0.2, -0.15) is 0 Å². The van der Waals surface area contributed by atoms with Crippen molar-refractivity contribution in [1.82, 2.24) is 0 Å². The molecule has 104 valence electrons. The number of para-hydroxylation sites is 1. The van der Waals surface area contributed by atoms with Crippen LogP contribution in [0.4, 0.5) is 5.69 Å². The van der Waals surface area contributed by atoms with Crippen LogP contribution in [-0.4, -0.2) is 31.1 Å². The monoisotopic (exact) mass is 323 g/mol. The van der Waals surface area contributed by atoms with Gasteiger partial charge < -0.3 is 9.64 Å². The van der Waals surface area contributed by atoms with Crippen molar-refractivity contribution < 1.29 is 4.74 Å². The van der Waals surface area contributed by atoms with Gasteiger partial charge in [0.15, 0.2) is 0 Å². The number of anilines is 1. The Morgan fingerprint density at radius 3 is 2.79 bits per heavy atom. The molecule has 2 nitrogen and oxygen atoms in total. The maximum absolute atomic E-state index is 5.55. The van der Waals surface area contributed by atoms with Crippen molar-refractivity contribution in [2.24, 2.45) is 5.41 Å². The molecule has 19 heavy (non-hydrogen) atoms. The molecule has 2 heterocycles. The van der Waals surface area contributed by atoms with Gasteiger partial charge in [0.2, 0.25) is 0 Å². The highest BCUT2D eigenvalue weighted by Gasteiger charge is 2.37. The van der Waals surface area contributed by atoms with Gasteiger partial charge in [-0.3, -0.25) is 0 Å². The summed E-state index contributed by atoms with van der Waals surface area (Å²) >= 11 is 3.75. The minimum absolute atomic E-state index is 0.379. The van der Waals surface area contributed by atoms with Crippen molar-refractivity contribution in [2.75, 3.05) is 30.0 Å². The molecule has 1 unspecified atom stereocenters. The third-order valence-corrected chi connectivity index (χ3v) is 5.88. The van der Waals surface area contributed by atoms with Gasteiger partial charge in [-0.15, -0.1) is 0 Å². The zero-order valence-corrected chi connectivity index (χ0v) is 13.2. The zero-order valence-electron chi connectivity index (χ0n) is 11.6. The maximum Gasteiger partial charge on any atom is 0.0472 e. The molecule has 1 saturated heterocycles. The van der Waals surface area contributed by atoms with E-state index in [9.17, 15) is 0 Å². The molecule has 0 N–H and O–H groups in total. The van der Waals surface area contributed by atoms with Crippen LogP contribution in [0.1, 0.15) is 25.3 Å². The first-order valence-corrected chi connectivity index (χ1v) is 8.34. The van der Waals surface area contributed by atoms with Crippen LogP contribution in [0.2, 0.25) is 0 Å². The van der Waals surface area contributed by atoms with Crippen molar-refractivity contribution in [3.05, 3.63) is 29.8 Å². The zero-order chi connectivity index (χ0) is 13.3. The number of hydrogen-bond donors (Lipinski definition) is 0. The second-order valence-corrected chi connectivity index (χ2v) is 6.62. The lowest BCUT2D eigenvalue weighted by molar-refractivity contribution is 0.0295. The summed E-state index contributed by atoms with van der Waals surface area (Å²) in [4.78, 5) is 2.61. The van der Waals surface area contributed by atoms with E-state index in [1.54, 1.807) is 0 Å². The Morgan fingerprint density at radius 1 is 1.32 bits per heavy atom. The van der Waals surface area contributed by atoms with Gasteiger partial charge >= 0.3 is 0 Å². The summed E-state index contributed by atoms with van der Waals surface area (Å²) in [5.41, 5.74) is 3.33. The fourth-order valence-corrected chi connectivity index (χ4v) is 4.11. The topological polar surface area (TPSA) is 12.5 Å². The number of alkyl halides is 1. The molecule has 0 radical (unpaired) electrons. The van der Waals surface area contributed by atoms with Crippen LogP contribution in [0.3, 0.4) is 0 Å². The van der Waals surface area contributed by atoms with Gasteiger partial charge in [-0.25, -0.2) is 0 Å². The number of fused-ring (bicyclic) bond motifs is 1. The molecule has 2 aliphatic rings. The SMILES string of the molecule is CC1Cc2ccccc2N1CC1(CBr)CCOCC1. The van der Waals surface area contributed by atoms with Crippen LogP contribution < -0.4 is 4.90 Å². The number of nitrogens with zero attached hydrogens (tertiary/aromatic N) is 1. The van der Waals surface area contributed by atoms with Crippen LogP contribution in [0.5, 0.6) is 0 Å². The number of hydrogen-bond acceptors (Lipinski definition) is 2. The highest BCUT2D eigenvalue weighted by atomic mass is 79.9. The van der Waals surface area contributed by atoms with Gasteiger partial charge in [0.25, 0.3) is 0 Å². The summed E-state index contributed by atoms with van der Waals surface area (Å²) in [6.07, 6.45) is 3.53. The smallest absolute Gasteiger partial charge is 0.0472 e. The fraction of sp³-hybridized carbons (Fsp3) is 0.625. The quantitative estimate of drug-likeness (QED) is 0.787. The van der Waals surface area contributed by atoms with E-state index < -0.39 is 0 Å². The molecule has 0 bridgehead atoms. The molecule has 0 amide bonds. The lowest BCUT2D eigenvalue weighted by atomic mass is 9.81. The summed E-state index contributed by atoms with van der Waals surface area (Å²) in [5, 5.41) is 1.08. The van der Waals surface area contributed by atoms with Crippen molar-refractivity contribution in [3.8, 4) is 0 Å². The Hall–Kier alpha value is -0.540. The number of halogens is 1. The molecular weight excluding hydrogens is 302 g/mol. The lowest BCUT2D eigenvalue weighted by Crippen LogP contribution is -2.44. The van der Waals surface area contributed by atoms with Gasteiger partial charge in [0.05, 0.1) is 0 Å². The van der Waals surface area contributed by atoms with E-state index in [2.05, 4.69) is 52.0 Å². The predicted octanol–water partition coefficient (Wildman–Crippen LogP) is 3.63. The minimum atomic E-state index is 0.379. The van der Waals surface area contributed by atoms with Crippen molar-refractivity contribution in [3.63, 3.8) is 0 Å². The van der Waals surface area contributed by atoms with E-state index in [1.807, 2.05) is 0 Å². The van der Waals surface area contributed by atoms with Crippen LogP contribution in [0.15, 0.2) is 24.3 Å². The Morgan fingerprint density at radius 2 is 2.05 bits per heavy atom. The molecule has 0 saturated carbocycles. The van der Waals surface area contributed by atoms with Crippen LogP contribution in [0, 0.1) is 5.41 Å². The first-order chi connectivity index (χ1) is 9.24. The normalized spacial score (nSPS) is 25.4. The molecule has 3 rings (SSSR count). The Balaban J connectivity index is 1.82. The average molecular weight is 324 g/mol. The molecule has 1 fully saturated rings. The molecule has 2 aliphatic heterocycles. The molecule has 3 heteroatoms. The van der Waals surface area contributed by atoms with E-state index in [4.69, 9.17) is 4.74 Å². The molecule has 0 aliphatic carbocycles. The van der Waals surface area contributed by atoms with E-state index in [-0.39, 0.29) is 0 Å². The third kappa shape index (κ3) is 2.55. The number of rotatable bonds is 3. The molecule has 0 aromatic heterocycles. The summed E-state index contributed by atoms with van der Waals surface area (Å²) in [6.45, 7) is 5.33. The first kappa shape index (κ1) is 13.4. The predicted molar refractivity (Wildman–Crippen MR) is 83.2 cm³/mol. The molecule has 0 spiro atoms. The van der Waals surface area contributed by atoms with Crippen LogP contribution in [0.25, 0.3) is 0 Å². The molecule has 1 aromatic carbocycles. The van der Waals surface area contributed by atoms with Gasteiger partial charge in [0, 0.05) is 42.2 Å². The van der Waals surface area contributed by atoms with Crippen molar-refractivity contribution in [1.29, 1.82) is 0 Å². The van der Waals surface area contributed by atoms with Gasteiger partial charge in [-0.1, -0.05) is 34.1 Å². The van der Waals surface area contributed by atoms with Gasteiger partial charge in [-0.05, 0) is 37.8 Å². The largest absolute Gasteiger partial charge is 0.381 e. The Bertz CT molecular complexity index is 442. The third-order valence-electron chi connectivity index (χ3n) is 4.69. The minimum Gasteiger partial charge on any atom is -0.381 e. The summed E-state index contributed by atoms with van der Waals surface area (Å²) in [5.74, 6) is 0. The van der Waals surface area contributed by atoms with E-state index in [0.29, 0.717) is 11.5 Å². The fourth-order valence-electron chi connectivity index (χ4n) is 3.37. The van der Waals surface area contributed by atoms with E-state index in [0.717, 1.165) is 25.1 Å². The van der Waals surface area contributed by atoms with Crippen LogP contribution >= 0.6 is 15.9 Å². The standard InChI is InChI=1S/C16H22BrNO/c1-13-10-14-4-2-3-5-15(14)18(13)12-16(11-17)6-8-19-9-7-16/h2-5,13H,6-12H2,1H3. The van der Waals surface area contributed by atoms with E-state index in [1.165, 1.54) is 30.5 Å². The number of ether oxygens (including phenoxy) is 1. The van der Waals surface area contributed by atoms with E-state index >= 15 is 0 Å². The molecular formula is C16H22BrNO. The Kier molecular flexibility index (Phi) is 3.86. The van der Waals surface area contributed by atoms with Crippen LogP contribution in [-0.2, 0) is 11.2 Å². The summed E-state index contributed by atoms with van der Waals surface area (Å²) in [7, 11) is 0. The average Bonchev–Trinajstić information content (AvgIpc) is 2.76. The first-order valence-electron chi connectivity index (χ1n) is 7.22. The second kappa shape index (κ2) is 5.45. The summed E-state index contributed by atoms with van der Waals surface area (Å²) < 4.78 is 5.55. The van der Waals surface area contributed by atoms with Crippen molar-refractivity contribution >= 4 is 21.6 Å².